The molecule has 2 unspecified atom stereocenters. The molecule has 2 aliphatic rings. The number of nitrogens with one attached hydrogen (secondary N) is 1. The van der Waals surface area contributed by atoms with Crippen LogP contribution in [0, 0.1) is 5.82 Å². The van der Waals surface area contributed by atoms with E-state index in [1.807, 2.05) is 17.9 Å². The van der Waals surface area contributed by atoms with Crippen LogP contribution >= 0.6 is 0 Å². The topological polar surface area (TPSA) is 77.8 Å². The van der Waals surface area contributed by atoms with Crippen molar-refractivity contribution in [3.05, 3.63) is 53.5 Å². The van der Waals surface area contributed by atoms with E-state index in [0.717, 1.165) is 37.2 Å². The van der Waals surface area contributed by atoms with Crippen LogP contribution in [0.25, 0.3) is 11.0 Å². The van der Waals surface area contributed by atoms with Gasteiger partial charge >= 0.3 is 5.91 Å². The van der Waals surface area contributed by atoms with Crippen LogP contribution in [0.15, 0.2) is 45.7 Å². The molecule has 1 fully saturated rings. The van der Waals surface area contributed by atoms with E-state index in [2.05, 4.69) is 4.72 Å². The summed E-state index contributed by atoms with van der Waals surface area (Å²) in [6, 6.07) is 9.87. The standard InChI is InChI=1S/C21H19FN2O4S/c1-12-8-13-4-2-5-19(20(13)27-12)29(26)23-21(25)18-11-15-16(22)9-14(10-17(15)28-18)24-6-3-7-24/h2,4-5,9-12H,3,6-8H2,1H3,(H,23,25). The minimum atomic E-state index is -1.83. The van der Waals surface area contributed by atoms with E-state index in [4.69, 9.17) is 9.15 Å². The summed E-state index contributed by atoms with van der Waals surface area (Å²) in [7, 11) is 0. The predicted octanol–water partition coefficient (Wildman–Crippen LogP) is 3.56. The largest absolute Gasteiger partial charge is 0.588 e. The second kappa shape index (κ2) is 6.96. The fourth-order valence-electron chi connectivity index (χ4n) is 3.70. The molecule has 3 heterocycles. The van der Waals surface area contributed by atoms with Crippen molar-refractivity contribution in [3.63, 3.8) is 0 Å². The first kappa shape index (κ1) is 18.3. The zero-order valence-electron chi connectivity index (χ0n) is 15.7. The number of ether oxygens (including phenoxy) is 1. The van der Waals surface area contributed by atoms with Crippen LogP contribution in [0.1, 0.15) is 29.5 Å². The van der Waals surface area contributed by atoms with E-state index in [1.54, 1.807) is 18.2 Å². The number of anilines is 1. The molecular formula is C21H19FN2O4S. The van der Waals surface area contributed by atoms with Gasteiger partial charge in [-0.15, -0.1) is 0 Å². The van der Waals surface area contributed by atoms with Crippen molar-refractivity contribution in [2.75, 3.05) is 18.0 Å². The Balaban J connectivity index is 1.39. The molecule has 8 heteroatoms. The molecule has 3 aromatic rings. The van der Waals surface area contributed by atoms with Gasteiger partial charge < -0.3 is 18.6 Å². The molecule has 0 bridgehead atoms. The molecule has 150 valence electrons. The summed E-state index contributed by atoms with van der Waals surface area (Å²) < 4.78 is 40.9. The van der Waals surface area contributed by atoms with Crippen LogP contribution in [0.4, 0.5) is 10.1 Å². The summed E-state index contributed by atoms with van der Waals surface area (Å²) >= 11 is -1.83. The molecule has 29 heavy (non-hydrogen) atoms. The van der Waals surface area contributed by atoms with Crippen molar-refractivity contribution >= 4 is 33.9 Å². The molecule has 1 saturated heterocycles. The summed E-state index contributed by atoms with van der Waals surface area (Å²) in [6.07, 6.45) is 1.80. The Hall–Kier alpha value is -2.71. The number of fused-ring (bicyclic) bond motifs is 2. The van der Waals surface area contributed by atoms with Gasteiger partial charge in [0.05, 0.1) is 5.39 Å². The third-order valence-corrected chi connectivity index (χ3v) is 6.38. The highest BCUT2D eigenvalue weighted by atomic mass is 32.2. The van der Waals surface area contributed by atoms with Gasteiger partial charge in [0.15, 0.2) is 11.5 Å². The smallest absolute Gasteiger partial charge is 0.328 e. The maximum Gasteiger partial charge on any atom is 0.328 e. The molecule has 1 N–H and O–H groups in total. The fraction of sp³-hybridized carbons (Fsp3) is 0.286. The van der Waals surface area contributed by atoms with E-state index in [-0.39, 0.29) is 17.3 Å². The Morgan fingerprint density at radius 3 is 2.90 bits per heavy atom. The summed E-state index contributed by atoms with van der Waals surface area (Å²) in [5, 5.41) is 0.225. The van der Waals surface area contributed by atoms with Crippen LogP contribution in [0.2, 0.25) is 0 Å². The monoisotopic (exact) mass is 414 g/mol. The molecular weight excluding hydrogens is 395 g/mol. The zero-order chi connectivity index (χ0) is 20.1. The van der Waals surface area contributed by atoms with E-state index < -0.39 is 23.1 Å². The summed E-state index contributed by atoms with van der Waals surface area (Å²) in [5.74, 6) is -0.659. The van der Waals surface area contributed by atoms with Gasteiger partial charge in [0.25, 0.3) is 0 Å². The van der Waals surface area contributed by atoms with Gasteiger partial charge in [-0.3, -0.25) is 4.79 Å². The first-order valence-electron chi connectivity index (χ1n) is 9.49. The normalized spacial score (nSPS) is 18.9. The lowest BCUT2D eigenvalue weighted by molar-refractivity contribution is 0.0956. The Morgan fingerprint density at radius 1 is 1.31 bits per heavy atom. The fourth-order valence-corrected chi connectivity index (χ4v) is 4.62. The van der Waals surface area contributed by atoms with Gasteiger partial charge in [-0.2, -0.15) is 4.72 Å². The molecule has 0 radical (unpaired) electrons. The minimum Gasteiger partial charge on any atom is -0.588 e. The quantitative estimate of drug-likeness (QED) is 0.661. The minimum absolute atomic E-state index is 0.00203. The average molecular weight is 414 g/mol. The van der Waals surface area contributed by atoms with Gasteiger partial charge in [-0.05, 0) is 25.5 Å². The number of rotatable bonds is 4. The van der Waals surface area contributed by atoms with Gasteiger partial charge in [-0.25, -0.2) is 4.39 Å². The zero-order valence-corrected chi connectivity index (χ0v) is 16.6. The van der Waals surface area contributed by atoms with E-state index in [9.17, 15) is 13.7 Å². The highest BCUT2D eigenvalue weighted by molar-refractivity contribution is 7.90. The number of nitrogens with zero attached hydrogens (tertiary/aromatic N) is 1. The molecule has 0 saturated carbocycles. The van der Waals surface area contributed by atoms with Crippen molar-refractivity contribution in [2.24, 2.45) is 0 Å². The number of benzene rings is 2. The summed E-state index contributed by atoms with van der Waals surface area (Å²) in [5.41, 5.74) is 1.99. The van der Waals surface area contributed by atoms with Gasteiger partial charge in [0, 0.05) is 42.9 Å². The summed E-state index contributed by atoms with van der Waals surface area (Å²) in [4.78, 5) is 15.0. The highest BCUT2D eigenvalue weighted by Crippen LogP contribution is 2.35. The second-order valence-corrected chi connectivity index (χ2v) is 8.55. The number of halogens is 1. The molecule has 5 rings (SSSR count). The van der Waals surface area contributed by atoms with Crippen molar-refractivity contribution in [1.82, 2.24) is 4.72 Å². The van der Waals surface area contributed by atoms with Gasteiger partial charge in [-0.1, -0.05) is 12.1 Å². The Morgan fingerprint density at radius 2 is 2.14 bits per heavy atom. The number of hydrogen-bond acceptors (Lipinski definition) is 5. The second-order valence-electron chi connectivity index (χ2n) is 7.37. The maximum atomic E-state index is 14.5. The lowest BCUT2D eigenvalue weighted by Crippen LogP contribution is -2.36. The lowest BCUT2D eigenvalue weighted by atomic mass is 10.1. The lowest BCUT2D eigenvalue weighted by Gasteiger charge is -2.33. The predicted molar refractivity (Wildman–Crippen MR) is 107 cm³/mol. The van der Waals surface area contributed by atoms with Crippen molar-refractivity contribution in [3.8, 4) is 5.75 Å². The van der Waals surface area contributed by atoms with Gasteiger partial charge in [0.1, 0.15) is 28.9 Å². The number of carbonyl (C=O) groups is 1. The van der Waals surface area contributed by atoms with Crippen LogP contribution in [-0.2, 0) is 17.8 Å². The highest BCUT2D eigenvalue weighted by Gasteiger charge is 2.30. The molecule has 2 atom stereocenters. The maximum absolute atomic E-state index is 14.5. The summed E-state index contributed by atoms with van der Waals surface area (Å²) in [6.45, 7) is 3.68. The van der Waals surface area contributed by atoms with E-state index in [1.165, 1.54) is 12.1 Å². The van der Waals surface area contributed by atoms with Crippen LogP contribution in [-0.4, -0.2) is 29.7 Å². The number of carbonyl (C=O) groups excluding carboxylic acids is 1. The number of para-hydroxylation sites is 1. The van der Waals surface area contributed by atoms with Gasteiger partial charge in [0.2, 0.25) is 4.90 Å². The molecule has 6 nitrogen and oxygen atoms in total. The number of furan rings is 1. The molecule has 1 aromatic heterocycles. The Bertz CT molecular complexity index is 1110. The van der Waals surface area contributed by atoms with Crippen LogP contribution < -0.4 is 14.4 Å². The first-order chi connectivity index (χ1) is 14.0. The number of amides is 1. The molecule has 0 spiro atoms. The average Bonchev–Trinajstić information content (AvgIpc) is 3.22. The molecule has 2 aliphatic heterocycles. The van der Waals surface area contributed by atoms with Crippen LogP contribution in [0.5, 0.6) is 5.75 Å². The number of hydrogen-bond donors (Lipinski definition) is 1. The molecule has 1 amide bonds. The Kier molecular flexibility index (Phi) is 4.40. The Labute approximate surface area is 169 Å². The van der Waals surface area contributed by atoms with Crippen molar-refractivity contribution in [2.45, 2.75) is 30.8 Å². The molecule has 0 aliphatic carbocycles. The molecule has 2 aromatic carbocycles. The third kappa shape index (κ3) is 3.22. The SMILES string of the molecule is CC1Cc2cccc([S+]([O-])NC(=O)c3cc4c(F)cc(N5CCC5)cc4o3)c2O1. The first-order valence-corrected chi connectivity index (χ1v) is 10.6. The van der Waals surface area contributed by atoms with Crippen LogP contribution in [0.3, 0.4) is 0 Å². The van der Waals surface area contributed by atoms with Crippen molar-refractivity contribution < 1.29 is 22.9 Å². The van der Waals surface area contributed by atoms with E-state index >= 15 is 0 Å². The third-order valence-electron chi connectivity index (χ3n) is 5.29. The van der Waals surface area contributed by atoms with E-state index in [0.29, 0.717) is 16.2 Å². The van der Waals surface area contributed by atoms with Crippen molar-refractivity contribution in [1.29, 1.82) is 0 Å².